The molecule has 0 atom stereocenters. The van der Waals surface area contributed by atoms with Crippen LogP contribution in [0.4, 0.5) is 11.4 Å². The van der Waals surface area contributed by atoms with Gasteiger partial charge in [0.25, 0.3) is 0 Å². The zero-order valence-electron chi connectivity index (χ0n) is 15.9. The van der Waals surface area contributed by atoms with Crippen molar-refractivity contribution in [3.05, 3.63) is 48.0 Å². The van der Waals surface area contributed by atoms with Gasteiger partial charge in [0.2, 0.25) is 15.9 Å². The molecule has 8 heteroatoms. The molecule has 0 spiro atoms. The minimum absolute atomic E-state index is 0.00592. The van der Waals surface area contributed by atoms with Gasteiger partial charge in [0.05, 0.1) is 26.2 Å². The van der Waals surface area contributed by atoms with Crippen molar-refractivity contribution in [2.75, 3.05) is 36.6 Å². The fourth-order valence-electron chi connectivity index (χ4n) is 2.62. The molecule has 2 aromatic carbocycles. The molecule has 0 bridgehead atoms. The van der Waals surface area contributed by atoms with Crippen LogP contribution in [0.3, 0.4) is 0 Å². The minimum Gasteiger partial charge on any atom is -0.493 e. The highest BCUT2D eigenvalue weighted by molar-refractivity contribution is 7.92. The van der Waals surface area contributed by atoms with Gasteiger partial charge in [0.15, 0.2) is 11.5 Å². The second kappa shape index (κ2) is 8.77. The first-order valence-electron chi connectivity index (χ1n) is 8.31. The van der Waals surface area contributed by atoms with E-state index in [1.807, 2.05) is 25.1 Å². The lowest BCUT2D eigenvalue weighted by Crippen LogP contribution is -2.33. The molecule has 0 unspecified atom stereocenters. The van der Waals surface area contributed by atoms with E-state index in [1.54, 1.807) is 24.3 Å². The number of aryl methyl sites for hydroxylation is 1. The number of nitrogens with zero attached hydrogens (tertiary/aromatic N) is 1. The zero-order valence-corrected chi connectivity index (χ0v) is 16.7. The minimum atomic E-state index is -3.58. The molecule has 146 valence electrons. The summed E-state index contributed by atoms with van der Waals surface area (Å²) in [6.07, 6.45) is 1.11. The maximum Gasteiger partial charge on any atom is 0.232 e. The molecule has 1 N–H and O–H groups in total. The van der Waals surface area contributed by atoms with Crippen LogP contribution in [0.2, 0.25) is 0 Å². The van der Waals surface area contributed by atoms with Crippen LogP contribution >= 0.6 is 0 Å². The molecular formula is C19H24N2O5S. The topological polar surface area (TPSA) is 84.9 Å². The third kappa shape index (κ3) is 5.62. The molecule has 2 rings (SSSR count). The molecule has 0 fully saturated rings. The van der Waals surface area contributed by atoms with Crippen LogP contribution < -0.4 is 19.1 Å². The summed E-state index contributed by atoms with van der Waals surface area (Å²) < 4.78 is 36.0. The van der Waals surface area contributed by atoms with Gasteiger partial charge in [-0.15, -0.1) is 0 Å². The van der Waals surface area contributed by atoms with Crippen molar-refractivity contribution in [3.63, 3.8) is 0 Å². The van der Waals surface area contributed by atoms with Crippen molar-refractivity contribution in [2.45, 2.75) is 13.3 Å². The van der Waals surface area contributed by atoms with Gasteiger partial charge in [-0.2, -0.15) is 0 Å². The van der Waals surface area contributed by atoms with Crippen molar-refractivity contribution in [2.24, 2.45) is 0 Å². The van der Waals surface area contributed by atoms with Gasteiger partial charge in [-0.1, -0.05) is 12.1 Å². The summed E-state index contributed by atoms with van der Waals surface area (Å²) in [6.45, 7) is 1.93. The summed E-state index contributed by atoms with van der Waals surface area (Å²) in [5.41, 5.74) is 2.10. The van der Waals surface area contributed by atoms with E-state index in [1.165, 1.54) is 18.5 Å². The van der Waals surface area contributed by atoms with Gasteiger partial charge in [0, 0.05) is 24.7 Å². The Morgan fingerprint density at radius 1 is 1.07 bits per heavy atom. The fraction of sp³-hybridized carbons (Fsp3) is 0.316. The second-order valence-electron chi connectivity index (χ2n) is 6.04. The molecule has 0 heterocycles. The van der Waals surface area contributed by atoms with Gasteiger partial charge < -0.3 is 14.8 Å². The van der Waals surface area contributed by atoms with Gasteiger partial charge in [0.1, 0.15) is 0 Å². The molecule has 0 aromatic heterocycles. The average molecular weight is 392 g/mol. The Bertz CT molecular complexity index is 912. The Balaban J connectivity index is 2.15. The van der Waals surface area contributed by atoms with E-state index in [0.29, 0.717) is 22.9 Å². The van der Waals surface area contributed by atoms with Crippen molar-refractivity contribution in [1.29, 1.82) is 0 Å². The number of hydrogen-bond acceptors (Lipinski definition) is 5. The number of carbonyl (C=O) groups excluding carboxylic acids is 1. The van der Waals surface area contributed by atoms with E-state index >= 15 is 0 Å². The molecule has 0 saturated carbocycles. The number of anilines is 2. The van der Waals surface area contributed by atoms with Crippen LogP contribution in [0.25, 0.3) is 0 Å². The van der Waals surface area contributed by atoms with Gasteiger partial charge in [-0.3, -0.25) is 9.10 Å². The van der Waals surface area contributed by atoms with Crippen molar-refractivity contribution in [3.8, 4) is 11.5 Å². The van der Waals surface area contributed by atoms with E-state index in [-0.39, 0.29) is 18.9 Å². The van der Waals surface area contributed by atoms with Crippen LogP contribution in [-0.2, 0) is 14.8 Å². The van der Waals surface area contributed by atoms with Gasteiger partial charge in [-0.25, -0.2) is 8.42 Å². The molecule has 0 aliphatic heterocycles. The summed E-state index contributed by atoms with van der Waals surface area (Å²) in [5.74, 6) is 0.634. The predicted molar refractivity (Wildman–Crippen MR) is 106 cm³/mol. The highest BCUT2D eigenvalue weighted by Gasteiger charge is 2.20. The van der Waals surface area contributed by atoms with Crippen LogP contribution in [0, 0.1) is 6.92 Å². The number of sulfonamides is 1. The molecule has 1 amide bonds. The number of nitrogens with one attached hydrogen (secondary N) is 1. The summed E-state index contributed by atoms with van der Waals surface area (Å²) >= 11 is 0. The largest absolute Gasteiger partial charge is 0.493 e. The highest BCUT2D eigenvalue weighted by Crippen LogP contribution is 2.32. The van der Waals surface area contributed by atoms with Crippen LogP contribution in [0.5, 0.6) is 11.5 Å². The molecule has 0 aliphatic carbocycles. The molecular weight excluding hydrogens is 368 g/mol. The second-order valence-corrected chi connectivity index (χ2v) is 7.95. The van der Waals surface area contributed by atoms with E-state index < -0.39 is 10.0 Å². The number of amides is 1. The monoisotopic (exact) mass is 392 g/mol. The fourth-order valence-corrected chi connectivity index (χ4v) is 3.54. The maximum absolute atomic E-state index is 12.2. The smallest absolute Gasteiger partial charge is 0.232 e. The SMILES string of the molecule is COc1ccc(N(CCC(=O)Nc2cccc(C)c2)S(C)(=O)=O)cc1OC. The Labute approximate surface area is 160 Å². The third-order valence-electron chi connectivity index (χ3n) is 3.90. The van der Waals surface area contributed by atoms with E-state index in [4.69, 9.17) is 9.47 Å². The van der Waals surface area contributed by atoms with Crippen LogP contribution in [0.1, 0.15) is 12.0 Å². The Morgan fingerprint density at radius 3 is 2.37 bits per heavy atom. The molecule has 0 radical (unpaired) electrons. The quantitative estimate of drug-likeness (QED) is 0.747. The zero-order chi connectivity index (χ0) is 20.0. The first-order chi connectivity index (χ1) is 12.7. The van der Waals surface area contributed by atoms with Crippen LogP contribution in [-0.4, -0.2) is 41.3 Å². The van der Waals surface area contributed by atoms with E-state index in [2.05, 4.69) is 5.32 Å². The first-order valence-corrected chi connectivity index (χ1v) is 10.2. The number of carbonyl (C=O) groups is 1. The molecule has 2 aromatic rings. The molecule has 0 saturated heterocycles. The van der Waals surface area contributed by atoms with Crippen molar-refractivity contribution >= 4 is 27.3 Å². The van der Waals surface area contributed by atoms with E-state index in [9.17, 15) is 13.2 Å². The number of rotatable bonds is 8. The van der Waals surface area contributed by atoms with Crippen LogP contribution in [0.15, 0.2) is 42.5 Å². The number of methoxy groups -OCH3 is 2. The Kier molecular flexibility index (Phi) is 6.68. The first kappa shape index (κ1) is 20.6. The van der Waals surface area contributed by atoms with Gasteiger partial charge >= 0.3 is 0 Å². The van der Waals surface area contributed by atoms with Crippen molar-refractivity contribution < 1.29 is 22.7 Å². The lowest BCUT2D eigenvalue weighted by Gasteiger charge is -2.23. The summed E-state index contributed by atoms with van der Waals surface area (Å²) in [4.78, 5) is 12.2. The third-order valence-corrected chi connectivity index (χ3v) is 5.09. The predicted octanol–water partition coefficient (Wildman–Crippen LogP) is 2.81. The lowest BCUT2D eigenvalue weighted by molar-refractivity contribution is -0.116. The van der Waals surface area contributed by atoms with Gasteiger partial charge in [-0.05, 0) is 36.8 Å². The summed E-state index contributed by atoms with van der Waals surface area (Å²) in [7, 11) is -0.605. The Morgan fingerprint density at radius 2 is 1.78 bits per heavy atom. The molecule has 27 heavy (non-hydrogen) atoms. The number of benzene rings is 2. The molecule has 0 aliphatic rings. The molecule has 7 nitrogen and oxygen atoms in total. The van der Waals surface area contributed by atoms with E-state index in [0.717, 1.165) is 11.8 Å². The summed E-state index contributed by atoms with van der Waals surface area (Å²) in [5, 5.41) is 2.78. The standard InChI is InChI=1S/C19H24N2O5S/c1-14-6-5-7-15(12-14)20-19(22)10-11-21(27(4,23)24)16-8-9-17(25-2)18(13-16)26-3/h5-9,12-13H,10-11H2,1-4H3,(H,20,22). The number of ether oxygens (including phenoxy) is 2. The lowest BCUT2D eigenvalue weighted by atomic mass is 10.2. The Hall–Kier alpha value is -2.74. The average Bonchev–Trinajstić information content (AvgIpc) is 2.60. The maximum atomic E-state index is 12.2. The van der Waals surface area contributed by atoms with Crippen molar-refractivity contribution in [1.82, 2.24) is 0 Å². The normalized spacial score (nSPS) is 11.0. The summed E-state index contributed by atoms with van der Waals surface area (Å²) in [6, 6.07) is 12.2. The number of hydrogen-bond donors (Lipinski definition) is 1. The highest BCUT2D eigenvalue weighted by atomic mass is 32.2.